The quantitative estimate of drug-likeness (QED) is 0.181. The molecule has 1 spiro atoms. The minimum absolute atomic E-state index is 0.139. The molecule has 2 aliphatic carbocycles. The zero-order chi connectivity index (χ0) is 36.5. The monoisotopic (exact) mass is 721 g/mol. The maximum atomic E-state index is 6.52. The summed E-state index contributed by atoms with van der Waals surface area (Å²) in [7, 11) is 0. The fourth-order valence-electron chi connectivity index (χ4n) is 10.2. The average Bonchev–Trinajstić information content (AvgIpc) is 3.83. The molecule has 2 heterocycles. The Labute approximate surface area is 324 Å². The highest BCUT2D eigenvalue weighted by Crippen LogP contribution is 2.63. The highest BCUT2D eigenvalue weighted by Gasteiger charge is 2.50. The summed E-state index contributed by atoms with van der Waals surface area (Å²) in [6.07, 6.45) is 0. The van der Waals surface area contributed by atoms with Crippen molar-refractivity contribution in [2.75, 3.05) is 4.90 Å². The second-order valence-electron chi connectivity index (χ2n) is 15.6. The van der Waals surface area contributed by atoms with E-state index in [4.69, 9.17) is 4.42 Å². The standard InChI is InChI=1S/C52H35NOS/c1-51(2)39-18-7-3-14-34(39)37-28-26-32(30-43(37)51)53(45-22-13-24-47-50(45)38-17-6-11-23-46(38)54-47)33-27-29-49-44(31-33)52(42-21-10-12-25-48(42)55-49)40-19-8-4-15-35(40)36-16-5-9-20-41(36)52/h3-31H,1-2H3. The summed E-state index contributed by atoms with van der Waals surface area (Å²) in [5.41, 5.74) is 17.8. The van der Waals surface area contributed by atoms with Crippen LogP contribution in [0.2, 0.25) is 0 Å². The zero-order valence-electron chi connectivity index (χ0n) is 30.5. The van der Waals surface area contributed by atoms with Gasteiger partial charge < -0.3 is 9.32 Å². The van der Waals surface area contributed by atoms with Gasteiger partial charge in [0.05, 0.1) is 16.5 Å². The van der Waals surface area contributed by atoms with Gasteiger partial charge in [-0.05, 0) is 110 Å². The van der Waals surface area contributed by atoms with E-state index < -0.39 is 5.41 Å². The fraction of sp³-hybridized carbons (Fsp3) is 0.0769. The summed E-state index contributed by atoms with van der Waals surface area (Å²) < 4.78 is 6.52. The molecule has 260 valence electrons. The summed E-state index contributed by atoms with van der Waals surface area (Å²) in [4.78, 5) is 5.07. The maximum absolute atomic E-state index is 6.52. The smallest absolute Gasteiger partial charge is 0.137 e. The molecule has 3 heteroatoms. The van der Waals surface area contributed by atoms with Crippen molar-refractivity contribution in [3.63, 3.8) is 0 Å². The topological polar surface area (TPSA) is 16.4 Å². The van der Waals surface area contributed by atoms with Crippen LogP contribution in [0.25, 0.3) is 44.2 Å². The van der Waals surface area contributed by atoms with Crippen molar-refractivity contribution in [1.29, 1.82) is 0 Å². The van der Waals surface area contributed by atoms with Crippen molar-refractivity contribution in [3.8, 4) is 22.3 Å². The van der Waals surface area contributed by atoms with Crippen LogP contribution in [-0.2, 0) is 10.8 Å². The molecule has 1 aliphatic heterocycles. The van der Waals surface area contributed by atoms with Gasteiger partial charge in [-0.1, -0.05) is 147 Å². The lowest BCUT2D eigenvalue weighted by atomic mass is 9.67. The summed E-state index contributed by atoms with van der Waals surface area (Å²) in [6, 6.07) is 65.2. The second kappa shape index (κ2) is 11.1. The zero-order valence-corrected chi connectivity index (χ0v) is 31.3. The molecule has 0 saturated carbocycles. The van der Waals surface area contributed by atoms with Crippen LogP contribution in [0.3, 0.4) is 0 Å². The molecule has 1 aromatic heterocycles. The number of benzene rings is 8. The molecule has 0 fully saturated rings. The van der Waals surface area contributed by atoms with E-state index in [-0.39, 0.29) is 5.41 Å². The third kappa shape index (κ3) is 4.06. The Kier molecular flexibility index (Phi) is 6.29. The van der Waals surface area contributed by atoms with E-state index >= 15 is 0 Å². The molecule has 55 heavy (non-hydrogen) atoms. The lowest BCUT2D eigenvalue weighted by molar-refractivity contribution is 0.660. The van der Waals surface area contributed by atoms with Crippen LogP contribution in [-0.4, -0.2) is 0 Å². The Balaban J connectivity index is 1.16. The van der Waals surface area contributed by atoms with Crippen molar-refractivity contribution in [2.24, 2.45) is 0 Å². The van der Waals surface area contributed by atoms with E-state index in [2.05, 4.69) is 195 Å². The summed E-state index contributed by atoms with van der Waals surface area (Å²) >= 11 is 1.89. The fourth-order valence-corrected chi connectivity index (χ4v) is 11.4. The van der Waals surface area contributed by atoms with Crippen molar-refractivity contribution in [3.05, 3.63) is 209 Å². The summed E-state index contributed by atoms with van der Waals surface area (Å²) in [5, 5.41) is 2.23. The molecule has 9 aromatic rings. The third-order valence-corrected chi connectivity index (χ3v) is 13.7. The van der Waals surface area contributed by atoms with Crippen molar-refractivity contribution < 1.29 is 4.42 Å². The van der Waals surface area contributed by atoms with E-state index in [1.807, 2.05) is 11.8 Å². The molecule has 0 amide bonds. The molecule has 8 aromatic carbocycles. The van der Waals surface area contributed by atoms with Gasteiger partial charge in [0, 0.05) is 32.0 Å². The lowest BCUT2D eigenvalue weighted by Crippen LogP contribution is -2.32. The van der Waals surface area contributed by atoms with Gasteiger partial charge in [0.25, 0.3) is 0 Å². The molecule has 3 aliphatic rings. The summed E-state index contributed by atoms with van der Waals surface area (Å²) in [6.45, 7) is 4.73. The van der Waals surface area contributed by atoms with E-state index in [0.717, 1.165) is 39.0 Å². The average molecular weight is 722 g/mol. The number of fused-ring (bicyclic) bond motifs is 15. The SMILES string of the molecule is CC1(C)c2ccccc2-c2ccc(N(c3ccc4c(c3)C3(c5ccccc5S4)c4ccccc4-c4ccccc43)c3cccc4oc5ccccc5c34)cc21. The first kappa shape index (κ1) is 31.1. The van der Waals surface area contributed by atoms with E-state index in [1.54, 1.807) is 0 Å². The van der Waals surface area contributed by atoms with Gasteiger partial charge in [-0.2, -0.15) is 0 Å². The minimum atomic E-state index is -0.470. The molecular formula is C52H35NOS. The number of anilines is 3. The van der Waals surface area contributed by atoms with E-state index in [0.29, 0.717) is 0 Å². The Morgan fingerprint density at radius 1 is 0.436 bits per heavy atom. The lowest BCUT2D eigenvalue weighted by Gasteiger charge is -2.40. The number of rotatable bonds is 3. The number of hydrogen-bond acceptors (Lipinski definition) is 3. The maximum Gasteiger partial charge on any atom is 0.137 e. The predicted molar refractivity (Wildman–Crippen MR) is 227 cm³/mol. The third-order valence-electron chi connectivity index (χ3n) is 12.5. The van der Waals surface area contributed by atoms with Crippen molar-refractivity contribution in [1.82, 2.24) is 0 Å². The minimum Gasteiger partial charge on any atom is -0.456 e. The molecule has 12 rings (SSSR count). The highest BCUT2D eigenvalue weighted by molar-refractivity contribution is 7.99. The number of hydrogen-bond donors (Lipinski definition) is 0. The molecular weight excluding hydrogens is 687 g/mol. The van der Waals surface area contributed by atoms with E-state index in [1.165, 1.54) is 65.4 Å². The van der Waals surface area contributed by atoms with Crippen LogP contribution in [0.1, 0.15) is 47.2 Å². The summed E-state index contributed by atoms with van der Waals surface area (Å²) in [5.74, 6) is 0. The number of nitrogens with zero attached hydrogens (tertiary/aromatic N) is 1. The highest BCUT2D eigenvalue weighted by atomic mass is 32.2. The van der Waals surface area contributed by atoms with Crippen LogP contribution >= 0.6 is 11.8 Å². The molecule has 0 N–H and O–H groups in total. The van der Waals surface area contributed by atoms with Crippen molar-refractivity contribution >= 4 is 50.8 Å². The van der Waals surface area contributed by atoms with Gasteiger partial charge in [0.15, 0.2) is 0 Å². The van der Waals surface area contributed by atoms with Crippen LogP contribution in [0.4, 0.5) is 17.1 Å². The van der Waals surface area contributed by atoms with Gasteiger partial charge in [0.2, 0.25) is 0 Å². The van der Waals surface area contributed by atoms with Gasteiger partial charge in [-0.25, -0.2) is 0 Å². The molecule has 0 bridgehead atoms. The van der Waals surface area contributed by atoms with Gasteiger partial charge in [-0.15, -0.1) is 0 Å². The molecule has 0 radical (unpaired) electrons. The van der Waals surface area contributed by atoms with Crippen molar-refractivity contribution in [2.45, 2.75) is 34.5 Å². The molecule has 0 saturated heterocycles. The van der Waals surface area contributed by atoms with Crippen LogP contribution in [0.5, 0.6) is 0 Å². The Morgan fingerprint density at radius 3 is 1.75 bits per heavy atom. The van der Waals surface area contributed by atoms with Gasteiger partial charge >= 0.3 is 0 Å². The van der Waals surface area contributed by atoms with Crippen LogP contribution in [0.15, 0.2) is 190 Å². The Hall–Kier alpha value is -6.29. The molecule has 2 nitrogen and oxygen atoms in total. The van der Waals surface area contributed by atoms with Crippen LogP contribution < -0.4 is 4.90 Å². The number of para-hydroxylation sites is 1. The normalized spacial score (nSPS) is 14.9. The molecule has 0 unspecified atom stereocenters. The van der Waals surface area contributed by atoms with Crippen LogP contribution in [0, 0.1) is 0 Å². The Morgan fingerprint density at radius 2 is 0.982 bits per heavy atom. The van der Waals surface area contributed by atoms with E-state index in [9.17, 15) is 0 Å². The molecule has 0 atom stereocenters. The first-order valence-corrected chi connectivity index (χ1v) is 19.9. The van der Waals surface area contributed by atoms with Gasteiger partial charge in [-0.3, -0.25) is 0 Å². The predicted octanol–water partition coefficient (Wildman–Crippen LogP) is 14.2. The number of furan rings is 1. The van der Waals surface area contributed by atoms with Gasteiger partial charge in [0.1, 0.15) is 11.2 Å². The first-order valence-electron chi connectivity index (χ1n) is 19.1. The second-order valence-corrected chi connectivity index (χ2v) is 16.7. The largest absolute Gasteiger partial charge is 0.456 e. The Bertz CT molecular complexity index is 3030. The first-order chi connectivity index (χ1) is 27.0.